The summed E-state index contributed by atoms with van der Waals surface area (Å²) in [5.74, 6) is 2.30. The molecule has 38 heavy (non-hydrogen) atoms. The first-order chi connectivity index (χ1) is 18.6. The summed E-state index contributed by atoms with van der Waals surface area (Å²) >= 11 is 1.73. The lowest BCUT2D eigenvalue weighted by Gasteiger charge is -2.22. The molecule has 2 aliphatic rings. The molecule has 0 amide bonds. The van der Waals surface area contributed by atoms with Gasteiger partial charge in [-0.3, -0.25) is 4.98 Å². The molecule has 200 valence electrons. The molecular formula is C31H36N2O4S. The van der Waals surface area contributed by atoms with E-state index in [0.29, 0.717) is 13.0 Å². The van der Waals surface area contributed by atoms with Gasteiger partial charge in [0.2, 0.25) is 6.79 Å². The Morgan fingerprint density at radius 1 is 1.05 bits per heavy atom. The summed E-state index contributed by atoms with van der Waals surface area (Å²) in [6.07, 6.45) is 5.83. The molecular weight excluding hydrogens is 496 g/mol. The van der Waals surface area contributed by atoms with Crippen molar-refractivity contribution in [2.24, 2.45) is 4.99 Å². The first-order valence-electron chi connectivity index (χ1n) is 13.3. The number of unbranched alkanes of at least 4 members (excludes halogenated alkanes) is 1. The topological polar surface area (TPSA) is 62.2 Å². The van der Waals surface area contributed by atoms with Crippen molar-refractivity contribution in [1.29, 1.82) is 0 Å². The van der Waals surface area contributed by atoms with E-state index in [9.17, 15) is 0 Å². The Balaban J connectivity index is 1.45. The molecule has 7 heteroatoms. The number of methoxy groups -OCH3 is 1. The molecule has 6 nitrogen and oxygen atoms in total. The molecule has 3 atom stereocenters. The Hall–Kier alpha value is -3.03. The molecule has 0 unspecified atom stereocenters. The lowest BCUT2D eigenvalue weighted by atomic mass is 9.87. The molecule has 0 saturated heterocycles. The summed E-state index contributed by atoms with van der Waals surface area (Å²) in [6, 6.07) is 19.0. The van der Waals surface area contributed by atoms with E-state index in [-0.39, 0.29) is 24.9 Å². The minimum absolute atomic E-state index is 0.0109. The number of rotatable bonds is 11. The van der Waals surface area contributed by atoms with Crippen LogP contribution in [0.25, 0.3) is 0 Å². The number of fused-ring (bicyclic) bond motifs is 1. The summed E-state index contributed by atoms with van der Waals surface area (Å²) < 4.78 is 23.4. The van der Waals surface area contributed by atoms with Gasteiger partial charge in [-0.1, -0.05) is 37.6 Å². The highest BCUT2D eigenvalue weighted by molar-refractivity contribution is 7.98. The van der Waals surface area contributed by atoms with Crippen LogP contribution < -0.4 is 9.47 Å². The van der Waals surface area contributed by atoms with Gasteiger partial charge in [0, 0.05) is 35.7 Å². The molecule has 0 aliphatic carbocycles. The number of hydrogen-bond acceptors (Lipinski definition) is 7. The van der Waals surface area contributed by atoms with Crippen LogP contribution in [0, 0.1) is 6.92 Å². The molecule has 2 aliphatic heterocycles. The molecule has 3 heterocycles. The highest BCUT2D eigenvalue weighted by Gasteiger charge is 2.34. The first-order valence-corrected chi connectivity index (χ1v) is 14.5. The minimum atomic E-state index is -0.172. The van der Waals surface area contributed by atoms with E-state index in [2.05, 4.69) is 68.6 Å². The van der Waals surface area contributed by atoms with Crippen LogP contribution in [0.1, 0.15) is 66.3 Å². The number of thioether (sulfide) groups is 1. The SMILES string of the molecule is CCCCc1ccc([C@@H](CC2=N[C@@H](COC)[C@H](c3ccc(SC)cc3)O2)c2ccc3c(c2)OCO3)c(C)n1. The van der Waals surface area contributed by atoms with E-state index >= 15 is 0 Å². The lowest BCUT2D eigenvalue weighted by molar-refractivity contribution is 0.118. The Bertz CT molecular complexity index is 1280. The maximum atomic E-state index is 6.56. The average molecular weight is 533 g/mol. The zero-order valence-corrected chi connectivity index (χ0v) is 23.4. The third kappa shape index (κ3) is 5.84. The van der Waals surface area contributed by atoms with Crippen LogP contribution in [-0.4, -0.2) is 43.7 Å². The number of aryl methyl sites for hydroxylation is 2. The standard InChI is InChI=1S/C31H36N2O4S/c1-5-6-7-23-11-14-25(20(2)32-23)26(22-10-15-28-29(16-22)36-19-35-28)17-30-33-27(18-34-3)31(37-30)21-8-12-24(38-4)13-9-21/h8-16,26-27,31H,5-7,17-19H2,1-4H3/t26-,27-,31-/m0/s1. The minimum Gasteiger partial charge on any atom is -0.471 e. The molecule has 0 saturated carbocycles. The molecule has 1 aromatic heterocycles. The fourth-order valence-electron chi connectivity index (χ4n) is 5.19. The van der Waals surface area contributed by atoms with Gasteiger partial charge in [-0.2, -0.15) is 0 Å². The Morgan fingerprint density at radius 3 is 2.61 bits per heavy atom. The van der Waals surface area contributed by atoms with Crippen LogP contribution in [0.5, 0.6) is 11.5 Å². The number of aliphatic imine (C=N–C) groups is 1. The monoisotopic (exact) mass is 532 g/mol. The molecule has 0 N–H and O–H groups in total. The number of pyridine rings is 1. The van der Waals surface area contributed by atoms with Gasteiger partial charge in [-0.05, 0) is 73.0 Å². The highest BCUT2D eigenvalue weighted by atomic mass is 32.2. The van der Waals surface area contributed by atoms with Crippen LogP contribution >= 0.6 is 11.8 Å². The predicted octanol–water partition coefficient (Wildman–Crippen LogP) is 6.89. The second kappa shape index (κ2) is 12.2. The van der Waals surface area contributed by atoms with Crippen molar-refractivity contribution in [1.82, 2.24) is 4.98 Å². The number of ether oxygens (including phenoxy) is 4. The smallest absolute Gasteiger partial charge is 0.231 e. The van der Waals surface area contributed by atoms with Gasteiger partial charge in [0.1, 0.15) is 12.1 Å². The second-order valence-electron chi connectivity index (χ2n) is 9.81. The van der Waals surface area contributed by atoms with Gasteiger partial charge in [0.15, 0.2) is 17.4 Å². The maximum Gasteiger partial charge on any atom is 0.231 e. The lowest BCUT2D eigenvalue weighted by Crippen LogP contribution is -2.19. The van der Waals surface area contributed by atoms with Crippen molar-refractivity contribution in [2.45, 2.75) is 62.5 Å². The number of aromatic nitrogens is 1. The van der Waals surface area contributed by atoms with Crippen LogP contribution in [-0.2, 0) is 15.9 Å². The van der Waals surface area contributed by atoms with Crippen molar-refractivity contribution < 1.29 is 18.9 Å². The molecule has 0 bridgehead atoms. The number of nitrogens with zero attached hydrogens (tertiary/aromatic N) is 2. The van der Waals surface area contributed by atoms with E-state index in [1.807, 2.05) is 6.07 Å². The summed E-state index contributed by atoms with van der Waals surface area (Å²) in [5, 5.41) is 0. The molecule has 0 radical (unpaired) electrons. The van der Waals surface area contributed by atoms with Crippen LogP contribution in [0.15, 0.2) is 64.5 Å². The van der Waals surface area contributed by atoms with E-state index in [1.165, 1.54) is 10.5 Å². The van der Waals surface area contributed by atoms with Gasteiger partial charge in [0.05, 0.1) is 6.61 Å². The summed E-state index contributed by atoms with van der Waals surface area (Å²) in [7, 11) is 1.71. The zero-order chi connectivity index (χ0) is 26.5. The van der Waals surface area contributed by atoms with Crippen LogP contribution in [0.3, 0.4) is 0 Å². The van der Waals surface area contributed by atoms with E-state index in [4.69, 9.17) is 28.9 Å². The van der Waals surface area contributed by atoms with Crippen molar-refractivity contribution in [3.05, 3.63) is 82.7 Å². The van der Waals surface area contributed by atoms with Crippen LogP contribution in [0.2, 0.25) is 0 Å². The number of hydrogen-bond donors (Lipinski definition) is 0. The molecule has 2 aromatic carbocycles. The van der Waals surface area contributed by atoms with Crippen molar-refractivity contribution in [3.8, 4) is 11.5 Å². The fraction of sp³-hybridized carbons (Fsp3) is 0.419. The normalized spacial score (nSPS) is 18.8. The summed E-state index contributed by atoms with van der Waals surface area (Å²) in [5.41, 5.74) is 5.59. The molecule has 5 rings (SSSR count). The zero-order valence-electron chi connectivity index (χ0n) is 22.6. The third-order valence-electron chi connectivity index (χ3n) is 7.23. The van der Waals surface area contributed by atoms with Crippen LogP contribution in [0.4, 0.5) is 0 Å². The quantitative estimate of drug-likeness (QED) is 0.251. The highest BCUT2D eigenvalue weighted by Crippen LogP contribution is 2.40. The van der Waals surface area contributed by atoms with Crippen molar-refractivity contribution >= 4 is 17.7 Å². The Morgan fingerprint density at radius 2 is 1.87 bits per heavy atom. The Labute approximate surface area is 229 Å². The van der Waals surface area contributed by atoms with Gasteiger partial charge in [-0.25, -0.2) is 4.99 Å². The van der Waals surface area contributed by atoms with E-state index in [0.717, 1.165) is 59.2 Å². The maximum absolute atomic E-state index is 6.56. The van der Waals surface area contributed by atoms with Gasteiger partial charge in [-0.15, -0.1) is 11.8 Å². The molecule has 3 aromatic rings. The van der Waals surface area contributed by atoms with Gasteiger partial charge < -0.3 is 18.9 Å². The molecule has 0 fully saturated rings. The van der Waals surface area contributed by atoms with Crippen molar-refractivity contribution in [3.63, 3.8) is 0 Å². The van der Waals surface area contributed by atoms with Gasteiger partial charge in [0.25, 0.3) is 0 Å². The Kier molecular flexibility index (Phi) is 8.55. The summed E-state index contributed by atoms with van der Waals surface area (Å²) in [6.45, 7) is 5.06. The van der Waals surface area contributed by atoms with E-state index < -0.39 is 0 Å². The first kappa shape index (κ1) is 26.6. The van der Waals surface area contributed by atoms with E-state index in [1.54, 1.807) is 18.9 Å². The predicted molar refractivity (Wildman–Crippen MR) is 152 cm³/mol. The number of benzene rings is 2. The van der Waals surface area contributed by atoms with Gasteiger partial charge >= 0.3 is 0 Å². The second-order valence-corrected chi connectivity index (χ2v) is 10.7. The fourth-order valence-corrected chi connectivity index (χ4v) is 5.60. The summed E-state index contributed by atoms with van der Waals surface area (Å²) in [4.78, 5) is 11.2. The largest absolute Gasteiger partial charge is 0.471 e. The van der Waals surface area contributed by atoms with Crippen molar-refractivity contribution in [2.75, 3.05) is 26.8 Å². The average Bonchev–Trinajstić information content (AvgIpc) is 3.57. The molecule has 0 spiro atoms. The third-order valence-corrected chi connectivity index (χ3v) is 7.97.